The van der Waals surface area contributed by atoms with Gasteiger partial charge in [-0.05, 0) is 291 Å². The second-order valence-corrected chi connectivity index (χ2v) is 37.1. The molecule has 654 valence electrons. The molecule has 0 amide bonds. The van der Waals surface area contributed by atoms with Crippen molar-refractivity contribution < 1.29 is 0 Å². The monoisotopic (exact) mass is 1790 g/mol. The van der Waals surface area contributed by atoms with E-state index in [2.05, 4.69) is 496 Å². The van der Waals surface area contributed by atoms with E-state index in [0.717, 1.165) is 22.6 Å². The molecule has 0 bridgehead atoms. The maximum absolute atomic E-state index is 4.69. The molecule has 6 heteroatoms. The van der Waals surface area contributed by atoms with Gasteiger partial charge in [0.2, 0.25) is 0 Å². The highest BCUT2D eigenvalue weighted by molar-refractivity contribution is 6.31. The van der Waals surface area contributed by atoms with Gasteiger partial charge in [0.05, 0.1) is 50.2 Å². The summed E-state index contributed by atoms with van der Waals surface area (Å²) in [6.45, 7) is 0. The predicted molar refractivity (Wildman–Crippen MR) is 596 cm³/mol. The van der Waals surface area contributed by atoms with E-state index in [4.69, 9.17) is 0 Å². The molecule has 30 aromatic rings. The standard InChI is InChI=1S/3C45H28N2/c1-3-10-42-37(7-1)38-8-2-4-11-43(38)47(42)34-22-16-30(17-23-34)36-25-19-33-20-26-39-35(24-18-32-21-27-40(36)45(33)44(32)39)29-12-14-31(15-13-29)41-9-5-6-28-46-41;1-2-11-34(12-3-1)47-42-15-5-4-13-37(42)40-28-32(20-25-43(40)47)31-9-8-10-33(27-31)35-21-16-29-19-24-39-36(41-14-6-7-26-46-41)22-17-30-18-23-38(35)44(29)45(30)39;1-2-8-34(9-3-1)47-42-12-5-4-10-37(42)40-28-33(21-26-43(40)47)29-13-15-30(16-14-29)35-22-17-31-20-25-39-36(41-11-6-7-27-46-41)23-18-32-19-24-38(35)44(31)45(32)39/h3*1-28H. The number of hydrogen-bond donors (Lipinski definition) is 0. The van der Waals surface area contributed by atoms with Gasteiger partial charge in [0.15, 0.2) is 0 Å². The molecule has 6 aromatic heterocycles. The molecule has 0 saturated carbocycles. The average molecular weight is 1790 g/mol. The molecule has 0 aliphatic heterocycles. The summed E-state index contributed by atoms with van der Waals surface area (Å²) in [7, 11) is 0. The van der Waals surface area contributed by atoms with Gasteiger partial charge in [0.25, 0.3) is 0 Å². The van der Waals surface area contributed by atoms with Crippen LogP contribution in [0.1, 0.15) is 0 Å². The molecular weight excluding hydrogens is 1710 g/mol. The van der Waals surface area contributed by atoms with Crippen molar-refractivity contribution in [3.05, 3.63) is 510 Å². The molecule has 6 nitrogen and oxygen atoms in total. The molecular formula is C135H84N6. The first-order valence-electron chi connectivity index (χ1n) is 48.4. The molecule has 24 aromatic carbocycles. The van der Waals surface area contributed by atoms with Crippen molar-refractivity contribution in [1.82, 2.24) is 28.7 Å². The van der Waals surface area contributed by atoms with Crippen molar-refractivity contribution in [3.8, 4) is 118 Å². The number of fused-ring (bicyclic) bond motifs is 9. The summed E-state index contributed by atoms with van der Waals surface area (Å²) in [5.41, 5.74) is 32.1. The molecule has 0 spiro atoms. The first-order chi connectivity index (χ1) is 69.9. The number of hydrogen-bond acceptors (Lipinski definition) is 3. The van der Waals surface area contributed by atoms with Crippen LogP contribution in [0.4, 0.5) is 0 Å². The Morgan fingerprint density at radius 3 is 0.752 bits per heavy atom. The minimum atomic E-state index is 0.991. The van der Waals surface area contributed by atoms with Gasteiger partial charge in [-0.25, -0.2) is 0 Å². The highest BCUT2D eigenvalue weighted by Crippen LogP contribution is 2.49. The summed E-state index contributed by atoms with van der Waals surface area (Å²) >= 11 is 0. The summed E-state index contributed by atoms with van der Waals surface area (Å²) in [5, 5.41) is 30.7. The minimum absolute atomic E-state index is 0.991. The smallest absolute Gasteiger partial charge is 0.0708 e. The van der Waals surface area contributed by atoms with Crippen LogP contribution in [0.2, 0.25) is 0 Å². The Morgan fingerprint density at radius 2 is 0.383 bits per heavy atom. The Morgan fingerprint density at radius 1 is 0.128 bits per heavy atom. The fourth-order valence-electron chi connectivity index (χ4n) is 23.0. The highest BCUT2D eigenvalue weighted by Gasteiger charge is 2.24. The van der Waals surface area contributed by atoms with Gasteiger partial charge in [0.1, 0.15) is 0 Å². The number of aromatic nitrogens is 6. The SMILES string of the molecule is c1ccc(-c2ccc(-c3ccc4ccc5c(-c6ccc(-n7c8ccccc8c8ccccc87)cc6)ccc6ccc3c4c65)cc2)nc1.c1ccc(-n2c3ccccc3c3cc(-c4ccc(-c5ccc6ccc7c(-c8ccccn8)ccc8ccc5c6c87)cc4)ccc32)cc1.c1ccc(-n2c3ccccc3c3cc(-c4cccc(-c5ccc6ccc7c(-c8ccccn8)ccc8ccc5c6c87)c4)ccc32)cc1. The van der Waals surface area contributed by atoms with Crippen LogP contribution in [0, 0.1) is 0 Å². The van der Waals surface area contributed by atoms with Gasteiger partial charge >= 0.3 is 0 Å². The van der Waals surface area contributed by atoms with E-state index >= 15 is 0 Å². The zero-order chi connectivity index (χ0) is 92.7. The van der Waals surface area contributed by atoms with E-state index in [1.54, 1.807) is 0 Å². The van der Waals surface area contributed by atoms with Crippen LogP contribution in [0.15, 0.2) is 510 Å². The Hall–Kier alpha value is -18.8. The third kappa shape index (κ3) is 13.4. The highest BCUT2D eigenvalue weighted by atomic mass is 15.0. The first kappa shape index (κ1) is 80.7. The summed E-state index contributed by atoms with van der Waals surface area (Å²) in [4.78, 5) is 13.9. The molecule has 0 unspecified atom stereocenters. The topological polar surface area (TPSA) is 53.5 Å². The van der Waals surface area contributed by atoms with Gasteiger partial charge in [-0.2, -0.15) is 0 Å². The maximum atomic E-state index is 4.69. The number of benzene rings is 24. The lowest BCUT2D eigenvalue weighted by Crippen LogP contribution is -1.94. The lowest BCUT2D eigenvalue weighted by atomic mass is 9.87. The molecule has 6 heterocycles. The number of nitrogens with zero attached hydrogens (tertiary/aromatic N) is 6. The van der Waals surface area contributed by atoms with Crippen molar-refractivity contribution in [2.75, 3.05) is 0 Å². The van der Waals surface area contributed by atoms with E-state index in [1.165, 1.54) is 257 Å². The fraction of sp³-hybridized carbons (Fsp3) is 0. The predicted octanol–water partition coefficient (Wildman–Crippen LogP) is 36.2. The molecule has 0 aliphatic rings. The van der Waals surface area contributed by atoms with Crippen molar-refractivity contribution >= 4 is 162 Å². The average Bonchev–Trinajstić information content (AvgIpc) is 1.73. The largest absolute Gasteiger partial charge is 0.309 e. The second-order valence-electron chi connectivity index (χ2n) is 37.1. The van der Waals surface area contributed by atoms with Gasteiger partial charge in [-0.3, -0.25) is 15.0 Å². The van der Waals surface area contributed by atoms with E-state index in [9.17, 15) is 0 Å². The van der Waals surface area contributed by atoms with Crippen molar-refractivity contribution in [2.24, 2.45) is 0 Å². The Bertz CT molecular complexity index is 10100. The summed E-state index contributed by atoms with van der Waals surface area (Å²) < 4.78 is 7.11. The molecule has 0 fully saturated rings. The van der Waals surface area contributed by atoms with Gasteiger partial charge in [-0.15, -0.1) is 0 Å². The van der Waals surface area contributed by atoms with E-state index in [0.29, 0.717) is 0 Å². The van der Waals surface area contributed by atoms with Gasteiger partial charge in [-0.1, -0.05) is 364 Å². The third-order valence-electron chi connectivity index (χ3n) is 29.5. The lowest BCUT2D eigenvalue weighted by Gasteiger charge is -2.17. The fourth-order valence-corrected chi connectivity index (χ4v) is 23.0. The molecule has 0 saturated heterocycles. The van der Waals surface area contributed by atoms with Crippen LogP contribution in [0.3, 0.4) is 0 Å². The Labute approximate surface area is 812 Å². The van der Waals surface area contributed by atoms with Crippen LogP contribution in [-0.4, -0.2) is 28.7 Å². The van der Waals surface area contributed by atoms with Crippen molar-refractivity contribution in [3.63, 3.8) is 0 Å². The molecule has 141 heavy (non-hydrogen) atoms. The lowest BCUT2D eigenvalue weighted by molar-refractivity contribution is 1.18. The zero-order valence-electron chi connectivity index (χ0n) is 76.7. The van der Waals surface area contributed by atoms with E-state index in [1.807, 2.05) is 42.9 Å². The van der Waals surface area contributed by atoms with Crippen LogP contribution in [0.25, 0.3) is 280 Å². The molecule has 0 atom stereocenters. The minimum Gasteiger partial charge on any atom is -0.309 e. The summed E-state index contributed by atoms with van der Waals surface area (Å²) in [6.07, 6.45) is 5.59. The number of para-hydroxylation sites is 6. The van der Waals surface area contributed by atoms with Crippen LogP contribution >= 0.6 is 0 Å². The quantitative estimate of drug-likeness (QED) is 0.115. The molecule has 0 N–H and O–H groups in total. The maximum Gasteiger partial charge on any atom is 0.0708 e. The number of rotatable bonds is 12. The first-order valence-corrected chi connectivity index (χ1v) is 48.4. The van der Waals surface area contributed by atoms with Crippen LogP contribution in [0.5, 0.6) is 0 Å². The van der Waals surface area contributed by atoms with Crippen molar-refractivity contribution in [2.45, 2.75) is 0 Å². The molecule has 0 aliphatic carbocycles. The zero-order valence-corrected chi connectivity index (χ0v) is 76.7. The second kappa shape index (κ2) is 33.1. The van der Waals surface area contributed by atoms with E-state index in [-0.39, 0.29) is 0 Å². The number of pyridine rings is 3. The third-order valence-corrected chi connectivity index (χ3v) is 29.5. The normalized spacial score (nSPS) is 11.8. The summed E-state index contributed by atoms with van der Waals surface area (Å²) in [5.74, 6) is 0. The summed E-state index contributed by atoms with van der Waals surface area (Å²) in [6, 6.07) is 179. The van der Waals surface area contributed by atoms with Crippen LogP contribution in [-0.2, 0) is 0 Å². The molecule has 30 rings (SSSR count). The Kier molecular flexibility index (Phi) is 18.9. The van der Waals surface area contributed by atoms with Crippen LogP contribution < -0.4 is 0 Å². The molecule has 0 radical (unpaired) electrons. The Balaban J connectivity index is 0.000000104. The van der Waals surface area contributed by atoms with Gasteiger partial charge in [0, 0.05) is 84.7 Å². The van der Waals surface area contributed by atoms with Gasteiger partial charge < -0.3 is 13.7 Å². The van der Waals surface area contributed by atoms with Crippen molar-refractivity contribution in [1.29, 1.82) is 0 Å². The van der Waals surface area contributed by atoms with E-state index < -0.39 is 0 Å².